The molecule has 0 spiro atoms. The van der Waals surface area contributed by atoms with Crippen molar-refractivity contribution >= 4 is 15.9 Å². The number of sulfonamides is 1. The molecule has 9 heteroatoms. The summed E-state index contributed by atoms with van der Waals surface area (Å²) < 4.78 is 75.8. The number of hydrogen-bond donors (Lipinski definition) is 1. The van der Waals surface area contributed by atoms with Crippen molar-refractivity contribution in [3.8, 4) is 11.1 Å². The van der Waals surface area contributed by atoms with Crippen molar-refractivity contribution in [1.82, 2.24) is 4.72 Å². The molecule has 2 aromatic rings. The van der Waals surface area contributed by atoms with E-state index in [9.17, 15) is 30.8 Å². The lowest BCUT2D eigenvalue weighted by Gasteiger charge is -2.12. The Kier molecular flexibility index (Phi) is 4.66. The molecule has 128 valence electrons. The molecule has 0 bridgehead atoms. The Hall–Kier alpha value is -2.42. The fraction of sp³-hybridized carbons (Fsp3) is 0.133. The Balaban J connectivity index is 2.58. The summed E-state index contributed by atoms with van der Waals surface area (Å²) in [5.41, 5.74) is -1.36. The van der Waals surface area contributed by atoms with Gasteiger partial charge in [0.05, 0.1) is 17.4 Å². The molecule has 0 aliphatic heterocycles. The minimum atomic E-state index is -4.59. The van der Waals surface area contributed by atoms with E-state index < -0.39 is 33.5 Å². The first-order valence-corrected chi connectivity index (χ1v) is 8.36. The van der Waals surface area contributed by atoms with E-state index >= 15 is 0 Å². The highest BCUT2D eigenvalue weighted by Gasteiger charge is 2.30. The largest absolute Gasteiger partial charge is 0.416 e. The number of alkyl halides is 3. The summed E-state index contributed by atoms with van der Waals surface area (Å²) in [4.78, 5) is 12.0. The van der Waals surface area contributed by atoms with Crippen LogP contribution in [0.1, 0.15) is 15.9 Å². The summed E-state index contributed by atoms with van der Waals surface area (Å²) in [6, 6.07) is 6.93. The first-order valence-electron chi connectivity index (χ1n) is 6.47. The van der Waals surface area contributed by atoms with Crippen molar-refractivity contribution < 1.29 is 30.8 Å². The smallest absolute Gasteiger partial charge is 0.268 e. The van der Waals surface area contributed by atoms with Crippen LogP contribution in [0.25, 0.3) is 11.1 Å². The number of amides is 1. The topological polar surface area (TPSA) is 63.2 Å². The molecule has 2 aromatic carbocycles. The summed E-state index contributed by atoms with van der Waals surface area (Å²) >= 11 is 0. The van der Waals surface area contributed by atoms with Gasteiger partial charge in [0.25, 0.3) is 5.91 Å². The molecule has 0 heterocycles. The van der Waals surface area contributed by atoms with Gasteiger partial charge >= 0.3 is 6.18 Å². The zero-order valence-electron chi connectivity index (χ0n) is 12.2. The van der Waals surface area contributed by atoms with Crippen LogP contribution in [-0.4, -0.2) is 20.6 Å². The Bertz CT molecular complexity index is 892. The van der Waals surface area contributed by atoms with Gasteiger partial charge in [-0.1, -0.05) is 18.2 Å². The molecular formula is C15H11F4NO3S. The van der Waals surface area contributed by atoms with Crippen molar-refractivity contribution in [1.29, 1.82) is 0 Å². The Morgan fingerprint density at radius 2 is 1.75 bits per heavy atom. The van der Waals surface area contributed by atoms with Crippen molar-refractivity contribution in [2.24, 2.45) is 0 Å². The fourth-order valence-corrected chi connectivity index (χ4v) is 2.49. The third-order valence-corrected chi connectivity index (χ3v) is 3.56. The second-order valence-corrected chi connectivity index (χ2v) is 6.72. The summed E-state index contributed by atoms with van der Waals surface area (Å²) in [5, 5.41) is 0. The van der Waals surface area contributed by atoms with Crippen LogP contribution in [-0.2, 0) is 16.2 Å². The molecule has 0 saturated heterocycles. The summed E-state index contributed by atoms with van der Waals surface area (Å²) in [6.45, 7) is 0. The molecule has 1 N–H and O–H groups in total. The van der Waals surface area contributed by atoms with E-state index in [0.29, 0.717) is 0 Å². The zero-order valence-corrected chi connectivity index (χ0v) is 13.0. The molecule has 0 fully saturated rings. The predicted octanol–water partition coefficient (Wildman–Crippen LogP) is 3.20. The molecule has 0 radical (unpaired) electrons. The van der Waals surface area contributed by atoms with E-state index in [-0.39, 0.29) is 16.7 Å². The maximum absolute atomic E-state index is 13.4. The molecule has 24 heavy (non-hydrogen) atoms. The van der Waals surface area contributed by atoms with Crippen LogP contribution < -0.4 is 4.72 Å². The third-order valence-electron chi connectivity index (χ3n) is 3.01. The molecule has 0 atom stereocenters. The number of hydrogen-bond acceptors (Lipinski definition) is 3. The summed E-state index contributed by atoms with van der Waals surface area (Å²) in [6.07, 6.45) is -3.86. The van der Waals surface area contributed by atoms with Crippen LogP contribution in [0.4, 0.5) is 17.6 Å². The SMILES string of the molecule is CS(=O)(=O)NC(=O)c1cc(F)ccc1-c1cccc(C(F)(F)F)c1. The van der Waals surface area contributed by atoms with Gasteiger partial charge in [-0.15, -0.1) is 0 Å². The number of halogens is 4. The average Bonchev–Trinajstić information content (AvgIpc) is 2.44. The highest BCUT2D eigenvalue weighted by atomic mass is 32.2. The molecule has 0 aromatic heterocycles. The van der Waals surface area contributed by atoms with Gasteiger partial charge in [-0.05, 0) is 35.4 Å². The maximum Gasteiger partial charge on any atom is 0.416 e. The van der Waals surface area contributed by atoms with Gasteiger partial charge in [0.15, 0.2) is 0 Å². The van der Waals surface area contributed by atoms with Gasteiger partial charge in [0.1, 0.15) is 5.82 Å². The van der Waals surface area contributed by atoms with E-state index in [0.717, 1.165) is 42.7 Å². The molecule has 0 aliphatic rings. The summed E-state index contributed by atoms with van der Waals surface area (Å²) in [5.74, 6) is -1.96. The zero-order chi connectivity index (χ0) is 18.1. The minimum Gasteiger partial charge on any atom is -0.268 e. The van der Waals surface area contributed by atoms with Crippen LogP contribution in [0.3, 0.4) is 0 Å². The van der Waals surface area contributed by atoms with Crippen LogP contribution in [0, 0.1) is 5.82 Å². The first-order chi connectivity index (χ1) is 11.0. The number of benzene rings is 2. The Morgan fingerprint density at radius 3 is 2.33 bits per heavy atom. The first kappa shape index (κ1) is 17.9. The van der Waals surface area contributed by atoms with Crippen molar-refractivity contribution in [2.45, 2.75) is 6.18 Å². The van der Waals surface area contributed by atoms with Gasteiger partial charge in [-0.25, -0.2) is 17.5 Å². The molecule has 0 aliphatic carbocycles. The van der Waals surface area contributed by atoms with Crippen molar-refractivity contribution in [3.05, 3.63) is 59.4 Å². The van der Waals surface area contributed by atoms with E-state index in [1.807, 2.05) is 0 Å². The van der Waals surface area contributed by atoms with Crippen LogP contribution in [0.5, 0.6) is 0 Å². The van der Waals surface area contributed by atoms with Gasteiger partial charge in [-0.2, -0.15) is 13.2 Å². The van der Waals surface area contributed by atoms with Crippen LogP contribution >= 0.6 is 0 Å². The van der Waals surface area contributed by atoms with Gasteiger partial charge in [0, 0.05) is 0 Å². The van der Waals surface area contributed by atoms with E-state index in [2.05, 4.69) is 0 Å². The molecule has 1 amide bonds. The Morgan fingerprint density at radius 1 is 1.08 bits per heavy atom. The van der Waals surface area contributed by atoms with Crippen molar-refractivity contribution in [3.63, 3.8) is 0 Å². The molecular weight excluding hydrogens is 350 g/mol. The van der Waals surface area contributed by atoms with Gasteiger partial charge in [0.2, 0.25) is 10.0 Å². The van der Waals surface area contributed by atoms with Crippen LogP contribution in [0.15, 0.2) is 42.5 Å². The quantitative estimate of drug-likeness (QED) is 0.854. The second-order valence-electron chi connectivity index (χ2n) is 4.97. The molecule has 0 saturated carbocycles. The minimum absolute atomic E-state index is 0.00322. The number of carbonyl (C=O) groups excluding carboxylic acids is 1. The predicted molar refractivity (Wildman–Crippen MR) is 79.1 cm³/mol. The average molecular weight is 361 g/mol. The number of nitrogens with one attached hydrogen (secondary N) is 1. The fourth-order valence-electron chi connectivity index (χ4n) is 2.04. The lowest BCUT2D eigenvalue weighted by atomic mass is 9.97. The number of rotatable bonds is 3. The highest BCUT2D eigenvalue weighted by molar-refractivity contribution is 7.89. The normalized spacial score (nSPS) is 12.0. The Labute approximate surface area is 135 Å². The molecule has 2 rings (SSSR count). The van der Waals surface area contributed by atoms with E-state index in [1.165, 1.54) is 6.07 Å². The van der Waals surface area contributed by atoms with E-state index in [4.69, 9.17) is 0 Å². The number of carbonyl (C=O) groups is 1. The second kappa shape index (κ2) is 6.23. The van der Waals surface area contributed by atoms with Crippen LogP contribution in [0.2, 0.25) is 0 Å². The van der Waals surface area contributed by atoms with Gasteiger partial charge in [-0.3, -0.25) is 4.79 Å². The third kappa shape index (κ3) is 4.31. The standard InChI is InChI=1S/C15H11F4NO3S/c1-24(22,23)20-14(21)13-8-11(16)5-6-12(13)9-3-2-4-10(7-9)15(17,18)19/h2-8H,1H3,(H,20,21). The lowest BCUT2D eigenvalue weighted by molar-refractivity contribution is -0.137. The monoisotopic (exact) mass is 361 g/mol. The van der Waals surface area contributed by atoms with Gasteiger partial charge < -0.3 is 0 Å². The maximum atomic E-state index is 13.4. The highest BCUT2D eigenvalue weighted by Crippen LogP contribution is 2.33. The van der Waals surface area contributed by atoms with E-state index in [1.54, 1.807) is 4.72 Å². The summed E-state index contributed by atoms with van der Waals surface area (Å²) in [7, 11) is -3.92. The molecule has 0 unspecified atom stereocenters. The lowest BCUT2D eigenvalue weighted by Crippen LogP contribution is -2.29. The molecule has 4 nitrogen and oxygen atoms in total. The van der Waals surface area contributed by atoms with Crippen molar-refractivity contribution in [2.75, 3.05) is 6.26 Å².